The van der Waals surface area contributed by atoms with Gasteiger partial charge in [-0.3, -0.25) is 4.79 Å². The Kier molecular flexibility index (Phi) is 5.91. The van der Waals surface area contributed by atoms with Gasteiger partial charge in [0.05, 0.1) is 5.56 Å². The molecule has 112 valence electrons. The van der Waals surface area contributed by atoms with Crippen LogP contribution in [0.15, 0.2) is 41.5 Å². The lowest BCUT2D eigenvalue weighted by molar-refractivity contribution is 0.0696. The van der Waals surface area contributed by atoms with Crippen LogP contribution in [0.25, 0.3) is 0 Å². The van der Waals surface area contributed by atoms with E-state index in [4.69, 9.17) is 5.11 Å². The molecule has 4 heteroatoms. The summed E-state index contributed by atoms with van der Waals surface area (Å²) in [4.78, 5) is 23.0. The Morgan fingerprint density at radius 2 is 1.71 bits per heavy atom. The Bertz CT molecular complexity index is 605. The van der Waals surface area contributed by atoms with Gasteiger partial charge in [-0.2, -0.15) is 0 Å². The van der Waals surface area contributed by atoms with Crippen LogP contribution < -0.4 is 0 Å². The lowest BCUT2D eigenvalue weighted by atomic mass is 10.0. The number of phenolic OH excluding ortho intramolecular Hbond substituents is 1. The maximum absolute atomic E-state index is 12.1. The van der Waals surface area contributed by atoms with E-state index >= 15 is 0 Å². The van der Waals surface area contributed by atoms with Crippen molar-refractivity contribution >= 4 is 11.8 Å². The Morgan fingerprint density at radius 3 is 2.29 bits per heavy atom. The van der Waals surface area contributed by atoms with Crippen molar-refractivity contribution in [3.63, 3.8) is 0 Å². The van der Waals surface area contributed by atoms with Gasteiger partial charge in [-0.1, -0.05) is 17.2 Å². The van der Waals surface area contributed by atoms with Gasteiger partial charge in [0.2, 0.25) is 0 Å². The van der Waals surface area contributed by atoms with Crippen LogP contribution >= 0.6 is 0 Å². The summed E-state index contributed by atoms with van der Waals surface area (Å²) in [5.74, 6) is -1.71. The van der Waals surface area contributed by atoms with E-state index < -0.39 is 5.97 Å². The van der Waals surface area contributed by atoms with Crippen LogP contribution in [0, 0.1) is 0 Å². The van der Waals surface area contributed by atoms with Crippen LogP contribution in [0.4, 0.5) is 0 Å². The van der Waals surface area contributed by atoms with E-state index in [1.165, 1.54) is 23.8 Å². The summed E-state index contributed by atoms with van der Waals surface area (Å²) in [6.45, 7) is 5.90. The molecule has 1 rings (SSSR count). The Hall–Kier alpha value is -2.36. The number of carbonyl (C=O) groups excluding carboxylic acids is 1. The van der Waals surface area contributed by atoms with Gasteiger partial charge in [0.15, 0.2) is 5.78 Å². The molecule has 0 spiro atoms. The average molecular weight is 288 g/mol. The fourth-order valence-electron chi connectivity index (χ4n) is 1.84. The fraction of sp³-hybridized carbons (Fsp3) is 0.294. The second kappa shape index (κ2) is 7.43. The van der Waals surface area contributed by atoms with Gasteiger partial charge < -0.3 is 10.2 Å². The second-order valence-electron chi connectivity index (χ2n) is 5.25. The standard InChI is InChI=1S/C17H20O4/c1-11(2)5-4-6-12(3)7-16(19)13-8-14(17(20)21)10-15(18)9-13/h5,7-10,18H,4,6H2,1-3H3,(H,20,21)/b12-7+. The molecule has 0 radical (unpaired) electrons. The minimum Gasteiger partial charge on any atom is -0.508 e. The molecule has 0 atom stereocenters. The van der Waals surface area contributed by atoms with Gasteiger partial charge in [-0.05, 0) is 57.9 Å². The van der Waals surface area contributed by atoms with Gasteiger partial charge in [0, 0.05) is 5.56 Å². The highest BCUT2D eigenvalue weighted by Gasteiger charge is 2.10. The summed E-state index contributed by atoms with van der Waals surface area (Å²) in [6, 6.07) is 3.66. The van der Waals surface area contributed by atoms with E-state index in [9.17, 15) is 14.7 Å². The molecule has 0 aliphatic rings. The second-order valence-corrected chi connectivity index (χ2v) is 5.25. The molecular weight excluding hydrogens is 268 g/mol. The number of aromatic hydroxyl groups is 1. The van der Waals surface area contributed by atoms with Gasteiger partial charge in [-0.15, -0.1) is 0 Å². The topological polar surface area (TPSA) is 74.6 Å². The number of hydrogen-bond acceptors (Lipinski definition) is 3. The van der Waals surface area contributed by atoms with Crippen LogP contribution in [0.3, 0.4) is 0 Å². The summed E-state index contributed by atoms with van der Waals surface area (Å²) in [5, 5.41) is 18.4. The molecule has 0 fully saturated rings. The molecule has 0 heterocycles. The molecule has 1 aromatic carbocycles. The first-order valence-electron chi connectivity index (χ1n) is 6.72. The third kappa shape index (κ3) is 5.65. The molecule has 0 aliphatic heterocycles. The molecule has 0 saturated carbocycles. The van der Waals surface area contributed by atoms with Crippen molar-refractivity contribution in [2.24, 2.45) is 0 Å². The molecule has 4 nitrogen and oxygen atoms in total. The molecule has 1 aromatic rings. The van der Waals surface area contributed by atoms with Gasteiger partial charge in [0.25, 0.3) is 0 Å². The van der Waals surface area contributed by atoms with Crippen LogP contribution in [0.5, 0.6) is 5.75 Å². The van der Waals surface area contributed by atoms with E-state index in [-0.39, 0.29) is 22.7 Å². The zero-order chi connectivity index (χ0) is 16.0. The number of benzene rings is 1. The SMILES string of the molecule is CC(C)=CCC/C(C)=C/C(=O)c1cc(O)cc(C(=O)O)c1. The Morgan fingerprint density at radius 1 is 1.10 bits per heavy atom. The van der Waals surface area contributed by atoms with Gasteiger partial charge >= 0.3 is 5.97 Å². The minimum absolute atomic E-state index is 0.103. The molecule has 0 aliphatic carbocycles. The maximum Gasteiger partial charge on any atom is 0.335 e. The smallest absolute Gasteiger partial charge is 0.335 e. The normalized spacial score (nSPS) is 11.1. The number of carboxylic acid groups (broad SMARTS) is 1. The number of carbonyl (C=O) groups is 2. The monoisotopic (exact) mass is 288 g/mol. The molecule has 0 saturated heterocycles. The average Bonchev–Trinajstić information content (AvgIpc) is 2.37. The Labute approximate surface area is 124 Å². The van der Waals surface area contributed by atoms with Crippen molar-refractivity contribution in [1.29, 1.82) is 0 Å². The number of carboxylic acids is 1. The van der Waals surface area contributed by atoms with E-state index in [2.05, 4.69) is 6.08 Å². The predicted octanol–water partition coefficient (Wildman–Crippen LogP) is 3.97. The lowest BCUT2D eigenvalue weighted by Gasteiger charge is -2.03. The quantitative estimate of drug-likeness (QED) is 0.472. The number of phenols is 1. The van der Waals surface area contributed by atoms with Crippen LogP contribution in [0.2, 0.25) is 0 Å². The third-order valence-electron chi connectivity index (χ3n) is 2.92. The molecule has 0 bridgehead atoms. The molecule has 2 N–H and O–H groups in total. The number of allylic oxidation sites excluding steroid dienone is 4. The van der Waals surface area contributed by atoms with Crippen LogP contribution in [-0.4, -0.2) is 22.0 Å². The summed E-state index contributed by atoms with van der Waals surface area (Å²) in [5.41, 5.74) is 2.22. The van der Waals surface area contributed by atoms with Crippen molar-refractivity contribution in [2.45, 2.75) is 33.6 Å². The highest BCUT2D eigenvalue weighted by molar-refractivity contribution is 6.06. The first kappa shape index (κ1) is 16.7. The van der Waals surface area contributed by atoms with Crippen molar-refractivity contribution in [3.8, 4) is 5.75 Å². The van der Waals surface area contributed by atoms with Crippen LogP contribution in [0.1, 0.15) is 54.3 Å². The van der Waals surface area contributed by atoms with Crippen molar-refractivity contribution in [1.82, 2.24) is 0 Å². The fourth-order valence-corrected chi connectivity index (χ4v) is 1.84. The number of aromatic carboxylic acids is 1. The third-order valence-corrected chi connectivity index (χ3v) is 2.92. The summed E-state index contributed by atoms with van der Waals surface area (Å²) >= 11 is 0. The number of ketones is 1. The first-order chi connectivity index (χ1) is 9.79. The maximum atomic E-state index is 12.1. The highest BCUT2D eigenvalue weighted by Crippen LogP contribution is 2.18. The molecule has 0 unspecified atom stereocenters. The first-order valence-corrected chi connectivity index (χ1v) is 6.72. The minimum atomic E-state index is -1.18. The van der Waals surface area contributed by atoms with E-state index in [0.29, 0.717) is 0 Å². The summed E-state index contributed by atoms with van der Waals surface area (Å²) < 4.78 is 0. The number of rotatable bonds is 6. The van der Waals surface area contributed by atoms with Gasteiger partial charge in [-0.25, -0.2) is 4.79 Å². The van der Waals surface area contributed by atoms with Crippen LogP contribution in [-0.2, 0) is 0 Å². The molecule has 0 amide bonds. The largest absolute Gasteiger partial charge is 0.508 e. The Balaban J connectivity index is 2.88. The van der Waals surface area contributed by atoms with E-state index in [1.807, 2.05) is 20.8 Å². The summed E-state index contributed by atoms with van der Waals surface area (Å²) in [6.07, 6.45) is 5.21. The van der Waals surface area contributed by atoms with E-state index in [1.54, 1.807) is 0 Å². The zero-order valence-electron chi connectivity index (χ0n) is 12.5. The van der Waals surface area contributed by atoms with Crippen molar-refractivity contribution in [2.75, 3.05) is 0 Å². The number of hydrogen-bond donors (Lipinski definition) is 2. The molecular formula is C17H20O4. The predicted molar refractivity (Wildman–Crippen MR) is 81.8 cm³/mol. The van der Waals surface area contributed by atoms with Crippen molar-refractivity contribution in [3.05, 3.63) is 52.6 Å². The summed E-state index contributed by atoms with van der Waals surface area (Å²) in [7, 11) is 0. The van der Waals surface area contributed by atoms with Gasteiger partial charge in [0.1, 0.15) is 5.75 Å². The zero-order valence-corrected chi connectivity index (χ0v) is 12.5. The van der Waals surface area contributed by atoms with E-state index in [0.717, 1.165) is 24.5 Å². The van der Waals surface area contributed by atoms with Crippen molar-refractivity contribution < 1.29 is 19.8 Å². The molecule has 0 aromatic heterocycles. The molecule has 21 heavy (non-hydrogen) atoms. The highest BCUT2D eigenvalue weighted by atomic mass is 16.4. The lowest BCUT2D eigenvalue weighted by Crippen LogP contribution is -2.01.